The number of aromatic nitrogens is 4. The number of amides is 1. The molecule has 0 radical (unpaired) electrons. The Kier molecular flexibility index (Phi) is 4.90. The highest BCUT2D eigenvalue weighted by Gasteiger charge is 2.33. The van der Waals surface area contributed by atoms with E-state index in [2.05, 4.69) is 51.9 Å². The molecule has 6 nitrogen and oxygen atoms in total. The molecule has 138 valence electrons. The number of rotatable bonds is 6. The average molecular weight is 382 g/mol. The van der Waals surface area contributed by atoms with Crippen LogP contribution in [0.15, 0.2) is 48.5 Å². The Morgan fingerprint density at radius 2 is 1.89 bits per heavy atom. The predicted octanol–water partition coefficient (Wildman–Crippen LogP) is 3.57. The normalized spacial score (nSPS) is 14.7. The van der Waals surface area contributed by atoms with Crippen molar-refractivity contribution in [1.82, 2.24) is 25.5 Å². The second-order valence-electron chi connectivity index (χ2n) is 6.94. The number of aryl methyl sites for hydroxylation is 1. The number of tetrazole rings is 1. The van der Waals surface area contributed by atoms with Crippen molar-refractivity contribution in [3.05, 3.63) is 64.7 Å². The number of hydrogen-bond acceptors (Lipinski definition) is 4. The Bertz CT molecular complexity index is 932. The Morgan fingerprint density at radius 3 is 2.56 bits per heavy atom. The van der Waals surface area contributed by atoms with Crippen LogP contribution in [-0.2, 0) is 11.3 Å². The van der Waals surface area contributed by atoms with Gasteiger partial charge in [0.2, 0.25) is 11.7 Å². The van der Waals surface area contributed by atoms with Gasteiger partial charge in [0.15, 0.2) is 0 Å². The maximum atomic E-state index is 12.5. The van der Waals surface area contributed by atoms with Crippen molar-refractivity contribution in [2.45, 2.75) is 32.4 Å². The summed E-state index contributed by atoms with van der Waals surface area (Å²) in [6.07, 6.45) is 2.28. The van der Waals surface area contributed by atoms with Crippen LogP contribution in [0.2, 0.25) is 5.02 Å². The number of nitrogens with one attached hydrogen (secondary N) is 1. The largest absolute Gasteiger partial charge is 0.347 e. The number of halogens is 1. The SMILES string of the molecule is Cc1ccc(C(NC(=O)Cn2nnc(-c3ccc(Cl)cc3)n2)C2CC2)cc1. The Balaban J connectivity index is 1.42. The molecule has 1 unspecified atom stereocenters. The fourth-order valence-electron chi connectivity index (χ4n) is 3.05. The standard InChI is InChI=1S/C20H20ClN5O/c1-13-2-4-14(5-3-13)19(15-6-7-15)22-18(27)12-26-24-20(23-25-26)16-8-10-17(21)11-9-16/h2-5,8-11,15,19H,6-7,12H2,1H3,(H,22,27). The van der Waals surface area contributed by atoms with Gasteiger partial charge in [-0.1, -0.05) is 41.4 Å². The van der Waals surface area contributed by atoms with Gasteiger partial charge in [-0.05, 0) is 60.7 Å². The third kappa shape index (κ3) is 4.34. The lowest BCUT2D eigenvalue weighted by Crippen LogP contribution is -2.33. The lowest BCUT2D eigenvalue weighted by atomic mass is 10.0. The topological polar surface area (TPSA) is 72.7 Å². The second-order valence-corrected chi connectivity index (χ2v) is 7.38. The summed E-state index contributed by atoms with van der Waals surface area (Å²) >= 11 is 5.90. The van der Waals surface area contributed by atoms with Gasteiger partial charge in [-0.25, -0.2) is 0 Å². The Labute approximate surface area is 162 Å². The zero-order chi connectivity index (χ0) is 18.8. The van der Waals surface area contributed by atoms with Crippen LogP contribution < -0.4 is 5.32 Å². The van der Waals surface area contributed by atoms with Crippen LogP contribution in [0.25, 0.3) is 11.4 Å². The van der Waals surface area contributed by atoms with Crippen LogP contribution in [-0.4, -0.2) is 26.1 Å². The van der Waals surface area contributed by atoms with Gasteiger partial charge in [0.1, 0.15) is 6.54 Å². The van der Waals surface area contributed by atoms with Gasteiger partial charge < -0.3 is 5.32 Å². The molecule has 3 aromatic rings. The zero-order valence-electron chi connectivity index (χ0n) is 15.0. The Hall–Kier alpha value is -2.73. The molecule has 0 saturated heterocycles. The zero-order valence-corrected chi connectivity index (χ0v) is 15.7. The van der Waals surface area contributed by atoms with Crippen LogP contribution in [0.3, 0.4) is 0 Å². The van der Waals surface area contributed by atoms with Crippen molar-refractivity contribution < 1.29 is 4.79 Å². The summed E-state index contributed by atoms with van der Waals surface area (Å²) in [6.45, 7) is 2.10. The minimum atomic E-state index is -0.118. The van der Waals surface area contributed by atoms with Gasteiger partial charge in [0.05, 0.1) is 6.04 Å². The number of benzene rings is 2. The summed E-state index contributed by atoms with van der Waals surface area (Å²) < 4.78 is 0. The first-order chi connectivity index (χ1) is 13.1. The number of carbonyl (C=O) groups excluding carboxylic acids is 1. The van der Waals surface area contributed by atoms with E-state index in [0.29, 0.717) is 16.8 Å². The van der Waals surface area contributed by atoms with Gasteiger partial charge in [-0.2, -0.15) is 4.80 Å². The fraction of sp³-hybridized carbons (Fsp3) is 0.300. The van der Waals surface area contributed by atoms with E-state index in [-0.39, 0.29) is 18.5 Å². The molecule has 4 rings (SSSR count). The third-order valence-electron chi connectivity index (χ3n) is 4.69. The van der Waals surface area contributed by atoms with Crippen LogP contribution in [0.5, 0.6) is 0 Å². The lowest BCUT2D eigenvalue weighted by molar-refractivity contribution is -0.123. The summed E-state index contributed by atoms with van der Waals surface area (Å²) in [7, 11) is 0. The highest BCUT2D eigenvalue weighted by atomic mass is 35.5. The van der Waals surface area contributed by atoms with Gasteiger partial charge >= 0.3 is 0 Å². The van der Waals surface area contributed by atoms with Crippen molar-refractivity contribution in [2.24, 2.45) is 5.92 Å². The molecule has 7 heteroatoms. The minimum absolute atomic E-state index is 0.0374. The van der Waals surface area contributed by atoms with Gasteiger partial charge in [0, 0.05) is 10.6 Å². The third-order valence-corrected chi connectivity index (χ3v) is 4.94. The monoisotopic (exact) mass is 381 g/mol. The molecule has 1 heterocycles. The van der Waals surface area contributed by atoms with Crippen LogP contribution in [0.4, 0.5) is 0 Å². The van der Waals surface area contributed by atoms with Crippen LogP contribution in [0.1, 0.15) is 30.0 Å². The fourth-order valence-corrected chi connectivity index (χ4v) is 3.17. The Morgan fingerprint density at radius 1 is 1.19 bits per heavy atom. The summed E-state index contributed by atoms with van der Waals surface area (Å²) in [5, 5.41) is 16.1. The van der Waals surface area contributed by atoms with Crippen LogP contribution in [0, 0.1) is 12.8 Å². The molecular formula is C20H20ClN5O. The molecule has 0 spiro atoms. The van der Waals surface area contributed by atoms with E-state index in [4.69, 9.17) is 11.6 Å². The molecule has 0 bridgehead atoms. The lowest BCUT2D eigenvalue weighted by Gasteiger charge is -2.18. The minimum Gasteiger partial charge on any atom is -0.347 e. The van der Waals surface area contributed by atoms with Gasteiger partial charge in [-0.15, -0.1) is 10.2 Å². The van der Waals surface area contributed by atoms with Crippen LogP contribution >= 0.6 is 11.6 Å². The molecule has 1 aliphatic rings. The van der Waals surface area contributed by atoms with E-state index >= 15 is 0 Å². The first kappa shape index (κ1) is 17.7. The molecule has 1 amide bonds. The molecule has 2 aromatic carbocycles. The highest BCUT2D eigenvalue weighted by molar-refractivity contribution is 6.30. The summed E-state index contributed by atoms with van der Waals surface area (Å²) in [5.41, 5.74) is 3.16. The van der Waals surface area contributed by atoms with E-state index in [9.17, 15) is 4.79 Å². The summed E-state index contributed by atoms with van der Waals surface area (Å²) in [5.74, 6) is 0.856. The maximum absolute atomic E-state index is 12.5. The van der Waals surface area contributed by atoms with Gasteiger partial charge in [-0.3, -0.25) is 4.79 Å². The number of nitrogens with zero attached hydrogens (tertiary/aromatic N) is 4. The first-order valence-corrected chi connectivity index (χ1v) is 9.36. The van der Waals surface area contributed by atoms with E-state index < -0.39 is 0 Å². The van der Waals surface area contributed by atoms with Crippen molar-refractivity contribution >= 4 is 17.5 Å². The highest BCUT2D eigenvalue weighted by Crippen LogP contribution is 2.41. The molecule has 27 heavy (non-hydrogen) atoms. The molecule has 1 aromatic heterocycles. The molecule has 1 atom stereocenters. The molecule has 1 saturated carbocycles. The number of hydrogen-bond donors (Lipinski definition) is 1. The maximum Gasteiger partial charge on any atom is 0.244 e. The van der Waals surface area contributed by atoms with E-state index in [1.54, 1.807) is 12.1 Å². The molecule has 0 aliphatic heterocycles. The van der Waals surface area contributed by atoms with Crippen molar-refractivity contribution in [1.29, 1.82) is 0 Å². The second kappa shape index (κ2) is 7.48. The molecular weight excluding hydrogens is 362 g/mol. The first-order valence-electron chi connectivity index (χ1n) is 8.98. The van der Waals surface area contributed by atoms with Gasteiger partial charge in [0.25, 0.3) is 0 Å². The molecule has 1 fully saturated rings. The van der Waals surface area contributed by atoms with Crippen molar-refractivity contribution in [2.75, 3.05) is 0 Å². The quantitative estimate of drug-likeness (QED) is 0.708. The average Bonchev–Trinajstić information content (AvgIpc) is 3.40. The summed E-state index contributed by atoms with van der Waals surface area (Å²) in [6, 6.07) is 15.6. The van der Waals surface area contributed by atoms with E-state index in [1.165, 1.54) is 10.4 Å². The summed E-state index contributed by atoms with van der Waals surface area (Å²) in [4.78, 5) is 13.8. The predicted molar refractivity (Wildman–Crippen MR) is 103 cm³/mol. The smallest absolute Gasteiger partial charge is 0.244 e. The van der Waals surface area contributed by atoms with Crippen molar-refractivity contribution in [3.63, 3.8) is 0 Å². The molecule has 1 N–H and O–H groups in total. The van der Waals surface area contributed by atoms with Crippen molar-refractivity contribution in [3.8, 4) is 11.4 Å². The number of carbonyl (C=O) groups is 1. The molecule has 1 aliphatic carbocycles. The van der Waals surface area contributed by atoms with E-state index in [1.807, 2.05) is 12.1 Å². The van der Waals surface area contributed by atoms with E-state index in [0.717, 1.165) is 24.0 Å².